The first-order valence-electron chi connectivity index (χ1n) is 7.78. The number of fused-ring (bicyclic) bond motifs is 1. The van der Waals surface area contributed by atoms with Crippen LogP contribution >= 0.6 is 23.2 Å². The number of hydrogen-bond acceptors (Lipinski definition) is 6. The van der Waals surface area contributed by atoms with E-state index >= 15 is 0 Å². The highest BCUT2D eigenvalue weighted by Gasteiger charge is 2.56. The van der Waals surface area contributed by atoms with Crippen LogP contribution in [0.5, 0.6) is 0 Å². The molecular weight excluding hydrogens is 405 g/mol. The van der Waals surface area contributed by atoms with Crippen molar-refractivity contribution >= 4 is 50.5 Å². The fourth-order valence-corrected chi connectivity index (χ4v) is 5.83. The van der Waals surface area contributed by atoms with Gasteiger partial charge in [-0.3, -0.25) is 19.9 Å². The number of rotatable bonds is 4. The minimum atomic E-state index is -4.48. The minimum Gasteiger partial charge on any atom is -0.297 e. The molecule has 2 aliphatic rings. The number of nitro benzene ring substituents is 1. The molecule has 0 saturated heterocycles. The molecule has 1 fully saturated rings. The zero-order valence-corrected chi connectivity index (χ0v) is 16.0. The highest BCUT2D eigenvalue weighted by molar-refractivity contribution is 7.90. The van der Waals surface area contributed by atoms with Crippen molar-refractivity contribution in [1.82, 2.24) is 4.31 Å². The Morgan fingerprint density at radius 3 is 2.65 bits per heavy atom. The number of carbonyl (C=O) groups is 1. The molecule has 0 N–H and O–H groups in total. The second kappa shape index (κ2) is 6.47. The summed E-state index contributed by atoms with van der Waals surface area (Å²) in [6.45, 7) is 1.67. The van der Waals surface area contributed by atoms with Gasteiger partial charge in [-0.25, -0.2) is 12.7 Å². The predicted molar refractivity (Wildman–Crippen MR) is 96.1 cm³/mol. The van der Waals surface area contributed by atoms with Gasteiger partial charge >= 0.3 is 0 Å². The van der Waals surface area contributed by atoms with Crippen molar-refractivity contribution in [2.24, 2.45) is 4.99 Å². The number of hydrogen-bond donors (Lipinski definition) is 0. The Hall–Kier alpha value is -1.71. The number of para-hydroxylation sites is 1. The van der Waals surface area contributed by atoms with Crippen molar-refractivity contribution < 1.29 is 18.1 Å². The van der Waals surface area contributed by atoms with Crippen molar-refractivity contribution in [1.29, 1.82) is 0 Å². The number of Topliss-reactive ketones (excluding diaryl/α,β-unsaturated/α-hetero) is 1. The monoisotopic (exact) mass is 419 g/mol. The van der Waals surface area contributed by atoms with E-state index in [1.807, 2.05) is 0 Å². The van der Waals surface area contributed by atoms with Crippen LogP contribution in [0.2, 0.25) is 0 Å². The van der Waals surface area contributed by atoms with Gasteiger partial charge in [-0.15, -0.1) is 0 Å². The average Bonchev–Trinajstić information content (AvgIpc) is 2.90. The van der Waals surface area contributed by atoms with Crippen LogP contribution in [0.3, 0.4) is 0 Å². The van der Waals surface area contributed by atoms with Crippen LogP contribution in [-0.4, -0.2) is 45.7 Å². The van der Waals surface area contributed by atoms with Crippen molar-refractivity contribution in [2.45, 2.75) is 47.5 Å². The molecule has 0 spiro atoms. The van der Waals surface area contributed by atoms with Crippen molar-refractivity contribution in [3.63, 3.8) is 0 Å². The lowest BCUT2D eigenvalue weighted by Crippen LogP contribution is -2.55. The van der Waals surface area contributed by atoms with Crippen LogP contribution in [0.4, 0.5) is 5.69 Å². The topological polar surface area (TPSA) is 110 Å². The van der Waals surface area contributed by atoms with Crippen molar-refractivity contribution in [2.75, 3.05) is 0 Å². The Balaban J connectivity index is 2.21. The molecule has 1 aliphatic carbocycles. The van der Waals surface area contributed by atoms with Gasteiger partial charge in [0.25, 0.3) is 15.7 Å². The van der Waals surface area contributed by atoms with E-state index in [1.54, 1.807) is 6.92 Å². The van der Waals surface area contributed by atoms with Gasteiger partial charge in [0.05, 0.1) is 10.5 Å². The number of amidine groups is 1. The molecule has 2 atom stereocenters. The van der Waals surface area contributed by atoms with Gasteiger partial charge in [-0.2, -0.15) is 0 Å². The predicted octanol–water partition coefficient (Wildman–Crippen LogP) is 2.68. The first kappa shape index (κ1) is 19.1. The van der Waals surface area contributed by atoms with Gasteiger partial charge in [-0.05, 0) is 25.8 Å². The number of halogens is 2. The van der Waals surface area contributed by atoms with Crippen LogP contribution < -0.4 is 0 Å². The Labute approximate surface area is 160 Å². The molecule has 0 aromatic heterocycles. The van der Waals surface area contributed by atoms with E-state index in [4.69, 9.17) is 23.2 Å². The van der Waals surface area contributed by atoms with Gasteiger partial charge in [0.15, 0.2) is 15.5 Å². The lowest BCUT2D eigenvalue weighted by molar-refractivity contribution is -0.387. The standard InChI is InChI=1S/C15H15Cl2N3O5S/c1-15-8-4-6-10(21)12(15)19(14(18-15)13(16)17)26(24,25)11-7-3-2-5-9(11)20(22)23/h2-3,5,7,12-13H,4,6,8H2,1H3/t12-,15-/m1/s1. The zero-order valence-electron chi connectivity index (χ0n) is 13.6. The maximum atomic E-state index is 13.3. The zero-order chi connectivity index (χ0) is 19.3. The van der Waals surface area contributed by atoms with E-state index in [9.17, 15) is 23.3 Å². The van der Waals surface area contributed by atoms with Crippen molar-refractivity contribution in [3.8, 4) is 0 Å². The van der Waals surface area contributed by atoms with Crippen molar-refractivity contribution in [3.05, 3.63) is 34.4 Å². The van der Waals surface area contributed by atoms with E-state index in [2.05, 4.69) is 4.99 Å². The molecule has 0 amide bonds. The summed E-state index contributed by atoms with van der Waals surface area (Å²) < 4.78 is 27.4. The van der Waals surface area contributed by atoms with E-state index in [1.165, 1.54) is 12.1 Å². The Kier molecular flexibility index (Phi) is 4.74. The van der Waals surface area contributed by atoms with Gasteiger partial charge in [0.1, 0.15) is 11.9 Å². The molecule has 1 heterocycles. The molecule has 0 unspecified atom stereocenters. The highest BCUT2D eigenvalue weighted by atomic mass is 35.5. The number of aliphatic imine (C=N–C) groups is 1. The lowest BCUT2D eigenvalue weighted by Gasteiger charge is -2.36. The summed E-state index contributed by atoms with van der Waals surface area (Å²) >= 11 is 11.9. The maximum Gasteiger partial charge on any atom is 0.289 e. The summed E-state index contributed by atoms with van der Waals surface area (Å²) in [6, 6.07) is 3.81. The fourth-order valence-electron chi connectivity index (χ4n) is 3.52. The van der Waals surface area contributed by atoms with Gasteiger partial charge in [0, 0.05) is 12.5 Å². The number of alkyl halides is 2. The molecular formula is C15H15Cl2N3O5S. The molecule has 11 heteroatoms. The molecule has 1 aliphatic heterocycles. The van der Waals surface area contributed by atoms with Gasteiger partial charge < -0.3 is 0 Å². The highest BCUT2D eigenvalue weighted by Crippen LogP contribution is 2.43. The smallest absolute Gasteiger partial charge is 0.289 e. The lowest BCUT2D eigenvalue weighted by atomic mass is 9.79. The van der Waals surface area contributed by atoms with E-state index in [0.717, 1.165) is 16.4 Å². The van der Waals surface area contributed by atoms with Crippen LogP contribution in [-0.2, 0) is 14.8 Å². The first-order chi connectivity index (χ1) is 12.1. The summed E-state index contributed by atoms with van der Waals surface area (Å²) in [5, 5.41) is 11.3. The second-order valence-corrected chi connectivity index (χ2v) is 9.26. The van der Waals surface area contributed by atoms with Crippen LogP contribution in [0.25, 0.3) is 0 Å². The number of nitrogens with zero attached hydrogens (tertiary/aromatic N) is 3. The molecule has 26 heavy (non-hydrogen) atoms. The molecule has 0 bridgehead atoms. The summed E-state index contributed by atoms with van der Waals surface area (Å²) in [5.41, 5.74) is -1.59. The molecule has 1 aromatic carbocycles. The average molecular weight is 420 g/mol. The van der Waals surface area contributed by atoms with Crippen LogP contribution in [0, 0.1) is 10.1 Å². The normalized spacial score (nSPS) is 26.0. The quantitative estimate of drug-likeness (QED) is 0.423. The number of sulfonamides is 1. The SMILES string of the molecule is C[C@@]12CCCC(=O)[C@H]1N(S(=O)(=O)c1ccccc1[N+](=O)[O-])C(C(Cl)Cl)=N2. The number of nitro groups is 1. The molecule has 1 saturated carbocycles. The molecule has 140 valence electrons. The summed E-state index contributed by atoms with van der Waals surface area (Å²) in [5.74, 6) is -0.497. The third-order valence-electron chi connectivity index (χ3n) is 4.62. The number of benzene rings is 1. The Bertz CT molecular complexity index is 918. The fraction of sp³-hybridized carbons (Fsp3) is 0.467. The minimum absolute atomic E-state index is 0.186. The summed E-state index contributed by atoms with van der Waals surface area (Å²) in [4.78, 5) is 25.6. The Morgan fingerprint density at radius 2 is 2.04 bits per heavy atom. The summed E-state index contributed by atoms with van der Waals surface area (Å²) in [7, 11) is -4.48. The van der Waals surface area contributed by atoms with E-state index in [0.29, 0.717) is 12.8 Å². The second-order valence-electron chi connectivity index (χ2n) is 6.38. The molecule has 0 radical (unpaired) electrons. The van der Waals surface area contributed by atoms with Crippen LogP contribution in [0.1, 0.15) is 26.2 Å². The van der Waals surface area contributed by atoms with Crippen LogP contribution in [0.15, 0.2) is 34.2 Å². The number of ketones is 1. The Morgan fingerprint density at radius 1 is 1.38 bits per heavy atom. The first-order valence-corrected chi connectivity index (χ1v) is 10.1. The summed E-state index contributed by atoms with van der Waals surface area (Å²) in [6.07, 6.45) is 1.24. The number of carbonyl (C=O) groups excluding carboxylic acids is 1. The van der Waals surface area contributed by atoms with Gasteiger partial charge in [0.2, 0.25) is 0 Å². The third kappa shape index (κ3) is 2.87. The maximum absolute atomic E-state index is 13.3. The third-order valence-corrected chi connectivity index (χ3v) is 6.83. The molecule has 3 rings (SSSR count). The van der Waals surface area contributed by atoms with E-state index in [-0.39, 0.29) is 18.0 Å². The van der Waals surface area contributed by atoms with E-state index < -0.39 is 41.9 Å². The molecule has 1 aromatic rings. The largest absolute Gasteiger partial charge is 0.297 e. The van der Waals surface area contributed by atoms with Gasteiger partial charge in [-0.1, -0.05) is 35.3 Å². The molecule has 8 nitrogen and oxygen atoms in total.